The molecule has 0 spiro atoms. The number of methoxy groups -OCH3 is 1. The first-order valence-electron chi connectivity index (χ1n) is 8.47. The number of halogens is 1. The van der Waals surface area contributed by atoms with Gasteiger partial charge in [0.2, 0.25) is 0 Å². The molecule has 0 radical (unpaired) electrons. The summed E-state index contributed by atoms with van der Waals surface area (Å²) in [4.78, 5) is 22.4. The number of thiazole rings is 1. The number of amides is 1. The molecule has 7 nitrogen and oxygen atoms in total. The Morgan fingerprint density at radius 2 is 2.16 bits per heavy atom. The largest absolute Gasteiger partial charge is 0.453 e. The molecule has 0 aromatic carbocycles. The van der Waals surface area contributed by atoms with Gasteiger partial charge in [0.1, 0.15) is 0 Å². The van der Waals surface area contributed by atoms with Crippen LogP contribution >= 0.6 is 35.3 Å². The van der Waals surface area contributed by atoms with Crippen LogP contribution in [0.5, 0.6) is 0 Å². The molecule has 25 heavy (non-hydrogen) atoms. The molecule has 1 aromatic heterocycles. The zero-order valence-electron chi connectivity index (χ0n) is 15.1. The number of aliphatic imine (C=N–C) groups is 1. The van der Waals surface area contributed by atoms with Gasteiger partial charge in [0.05, 0.1) is 24.4 Å². The predicted octanol–water partition coefficient (Wildman–Crippen LogP) is 2.61. The summed E-state index contributed by atoms with van der Waals surface area (Å²) in [5.41, 5.74) is 1.01. The van der Waals surface area contributed by atoms with Crippen LogP contribution in [0.25, 0.3) is 0 Å². The van der Waals surface area contributed by atoms with Crippen LogP contribution in [0.2, 0.25) is 0 Å². The van der Waals surface area contributed by atoms with Crippen LogP contribution in [0.1, 0.15) is 37.4 Å². The highest BCUT2D eigenvalue weighted by atomic mass is 127. The normalized spacial score (nSPS) is 15.5. The van der Waals surface area contributed by atoms with Crippen molar-refractivity contribution in [1.29, 1.82) is 0 Å². The average Bonchev–Trinajstić information content (AvgIpc) is 3.08. The summed E-state index contributed by atoms with van der Waals surface area (Å²) in [6, 6.07) is 0.311. The Morgan fingerprint density at radius 1 is 1.44 bits per heavy atom. The van der Waals surface area contributed by atoms with Crippen LogP contribution in [0.3, 0.4) is 0 Å². The maximum atomic E-state index is 11.5. The van der Waals surface area contributed by atoms with Gasteiger partial charge in [-0.2, -0.15) is 0 Å². The van der Waals surface area contributed by atoms with Crippen molar-refractivity contribution >= 4 is 47.4 Å². The summed E-state index contributed by atoms with van der Waals surface area (Å²) in [6.07, 6.45) is 2.49. The second-order valence-corrected chi connectivity index (χ2v) is 6.60. The van der Waals surface area contributed by atoms with E-state index in [1.165, 1.54) is 7.11 Å². The quantitative estimate of drug-likeness (QED) is 0.384. The summed E-state index contributed by atoms with van der Waals surface area (Å²) in [6.45, 7) is 6.95. The molecule has 0 atom stereocenters. The number of guanidine groups is 1. The van der Waals surface area contributed by atoms with Crippen molar-refractivity contribution in [3.05, 3.63) is 16.1 Å². The molecular weight excluding hydrogens is 453 g/mol. The number of nitrogens with zero attached hydrogens (tertiary/aromatic N) is 3. The molecule has 1 fully saturated rings. The van der Waals surface area contributed by atoms with Gasteiger partial charge in [0.15, 0.2) is 5.96 Å². The van der Waals surface area contributed by atoms with Crippen molar-refractivity contribution in [2.75, 3.05) is 26.7 Å². The second-order valence-electron chi connectivity index (χ2n) is 5.66. The molecule has 0 aliphatic carbocycles. The Bertz CT molecular complexity index is 558. The van der Waals surface area contributed by atoms with Gasteiger partial charge in [-0.05, 0) is 26.2 Å². The lowest BCUT2D eigenvalue weighted by Crippen LogP contribution is -2.49. The Balaban J connectivity index is 0.00000312. The lowest BCUT2D eigenvalue weighted by molar-refractivity contribution is 0.111. The summed E-state index contributed by atoms with van der Waals surface area (Å²) in [5.74, 6) is 0.806. The number of aryl methyl sites for hydroxylation is 1. The second kappa shape index (κ2) is 11.5. The molecule has 1 aromatic rings. The number of nitrogens with one attached hydrogen (secondary N) is 2. The topological polar surface area (TPSA) is 78.9 Å². The van der Waals surface area contributed by atoms with E-state index in [1.54, 1.807) is 16.2 Å². The van der Waals surface area contributed by atoms with Gasteiger partial charge in [-0.15, -0.1) is 35.3 Å². The van der Waals surface area contributed by atoms with E-state index in [-0.39, 0.29) is 30.1 Å². The van der Waals surface area contributed by atoms with E-state index in [2.05, 4.69) is 39.8 Å². The number of likely N-dealkylation sites (tertiary alicyclic amines) is 1. The third-order valence-electron chi connectivity index (χ3n) is 3.91. The molecule has 2 rings (SSSR count). The molecule has 142 valence electrons. The third-order valence-corrected chi connectivity index (χ3v) is 4.96. The Kier molecular flexibility index (Phi) is 10.1. The molecule has 2 N–H and O–H groups in total. The number of piperidine rings is 1. The standard InChI is InChI=1S/C16H27N5O2S.HI/c1-4-14-19-13(11-24-14)10-18-15(17-5-2)20-12-6-8-21(9-7-12)16(22)23-3;/h11-12H,4-10H2,1-3H3,(H2,17,18,20);1H. The number of carbonyl (C=O) groups is 1. The number of ether oxygens (including phenoxy) is 1. The van der Waals surface area contributed by atoms with Crippen LogP contribution < -0.4 is 10.6 Å². The first kappa shape index (κ1) is 21.9. The van der Waals surface area contributed by atoms with Crippen molar-refractivity contribution in [3.8, 4) is 0 Å². The Morgan fingerprint density at radius 3 is 2.72 bits per heavy atom. The molecule has 0 saturated carbocycles. The molecule has 2 heterocycles. The van der Waals surface area contributed by atoms with Crippen LogP contribution in [0.4, 0.5) is 4.79 Å². The van der Waals surface area contributed by atoms with Crippen LogP contribution in [0, 0.1) is 0 Å². The first-order valence-corrected chi connectivity index (χ1v) is 9.35. The molecule has 1 aliphatic rings. The molecule has 0 bridgehead atoms. The minimum absolute atomic E-state index is 0. The van der Waals surface area contributed by atoms with E-state index in [1.807, 2.05) is 0 Å². The number of hydrogen-bond donors (Lipinski definition) is 2. The minimum atomic E-state index is -0.246. The SMILES string of the molecule is CCNC(=NCc1csc(CC)n1)NC1CCN(C(=O)OC)CC1.I. The van der Waals surface area contributed by atoms with Gasteiger partial charge in [-0.25, -0.2) is 14.8 Å². The molecule has 1 aliphatic heterocycles. The Hall–Kier alpha value is -1.10. The fourth-order valence-electron chi connectivity index (χ4n) is 2.59. The average molecular weight is 481 g/mol. The summed E-state index contributed by atoms with van der Waals surface area (Å²) in [7, 11) is 1.42. The van der Waals surface area contributed by atoms with Crippen molar-refractivity contribution in [3.63, 3.8) is 0 Å². The van der Waals surface area contributed by atoms with Crippen LogP contribution in [0.15, 0.2) is 10.4 Å². The number of hydrogen-bond acceptors (Lipinski definition) is 5. The fourth-order valence-corrected chi connectivity index (χ4v) is 3.33. The smallest absolute Gasteiger partial charge is 0.409 e. The predicted molar refractivity (Wildman–Crippen MR) is 112 cm³/mol. The van der Waals surface area contributed by atoms with E-state index in [9.17, 15) is 4.79 Å². The monoisotopic (exact) mass is 481 g/mol. The maximum Gasteiger partial charge on any atom is 0.409 e. The highest BCUT2D eigenvalue weighted by Crippen LogP contribution is 2.12. The van der Waals surface area contributed by atoms with Crippen molar-refractivity contribution in [1.82, 2.24) is 20.5 Å². The fraction of sp³-hybridized carbons (Fsp3) is 0.688. The van der Waals surface area contributed by atoms with E-state index in [0.717, 1.165) is 42.5 Å². The maximum absolute atomic E-state index is 11.5. The molecule has 1 saturated heterocycles. The summed E-state index contributed by atoms with van der Waals surface area (Å²) < 4.78 is 4.77. The van der Waals surface area contributed by atoms with Gasteiger partial charge < -0.3 is 20.3 Å². The summed E-state index contributed by atoms with van der Waals surface area (Å²) in [5, 5.41) is 9.95. The van der Waals surface area contributed by atoms with E-state index >= 15 is 0 Å². The third kappa shape index (κ3) is 6.96. The summed E-state index contributed by atoms with van der Waals surface area (Å²) >= 11 is 1.68. The Labute approximate surface area is 170 Å². The molecule has 1 amide bonds. The van der Waals surface area contributed by atoms with Crippen LogP contribution in [-0.4, -0.2) is 54.7 Å². The minimum Gasteiger partial charge on any atom is -0.453 e. The van der Waals surface area contributed by atoms with E-state index < -0.39 is 0 Å². The number of carbonyl (C=O) groups excluding carboxylic acids is 1. The number of aromatic nitrogens is 1. The van der Waals surface area contributed by atoms with E-state index in [0.29, 0.717) is 25.7 Å². The lowest BCUT2D eigenvalue weighted by atomic mass is 10.1. The van der Waals surface area contributed by atoms with Gasteiger partial charge in [0, 0.05) is 31.1 Å². The highest BCUT2D eigenvalue weighted by molar-refractivity contribution is 14.0. The molecule has 0 unspecified atom stereocenters. The van der Waals surface area contributed by atoms with Crippen molar-refractivity contribution in [2.24, 2.45) is 4.99 Å². The first-order chi connectivity index (χ1) is 11.7. The van der Waals surface area contributed by atoms with Crippen LogP contribution in [-0.2, 0) is 17.7 Å². The zero-order valence-corrected chi connectivity index (χ0v) is 18.2. The van der Waals surface area contributed by atoms with Gasteiger partial charge >= 0.3 is 6.09 Å². The van der Waals surface area contributed by atoms with Gasteiger partial charge in [-0.1, -0.05) is 6.92 Å². The van der Waals surface area contributed by atoms with Crippen molar-refractivity contribution in [2.45, 2.75) is 45.7 Å². The molecule has 9 heteroatoms. The van der Waals surface area contributed by atoms with Gasteiger partial charge in [-0.3, -0.25) is 0 Å². The lowest BCUT2D eigenvalue weighted by Gasteiger charge is -2.32. The zero-order chi connectivity index (χ0) is 17.4. The number of rotatable bonds is 5. The van der Waals surface area contributed by atoms with E-state index in [4.69, 9.17) is 4.74 Å². The van der Waals surface area contributed by atoms with Crippen molar-refractivity contribution < 1.29 is 9.53 Å². The van der Waals surface area contributed by atoms with Gasteiger partial charge in [0.25, 0.3) is 0 Å². The molecular formula is C16H28IN5O2S. The highest BCUT2D eigenvalue weighted by Gasteiger charge is 2.23.